The van der Waals surface area contributed by atoms with Crippen LogP contribution in [0.3, 0.4) is 0 Å². The largest absolute Gasteiger partial charge is 0.390 e. The number of aryl methyl sites for hydroxylation is 1. The molecule has 21 heavy (non-hydrogen) atoms. The number of rotatable bonds is 9. The first kappa shape index (κ1) is 16.6. The molecule has 116 valence electrons. The van der Waals surface area contributed by atoms with E-state index in [1.807, 2.05) is 0 Å². The molecule has 0 saturated carbocycles. The fourth-order valence-corrected chi connectivity index (χ4v) is 3.15. The van der Waals surface area contributed by atoms with Crippen molar-refractivity contribution in [2.75, 3.05) is 32.8 Å². The highest BCUT2D eigenvalue weighted by Crippen LogP contribution is 2.29. The van der Waals surface area contributed by atoms with Gasteiger partial charge in [0.25, 0.3) is 0 Å². The second-order valence-electron chi connectivity index (χ2n) is 5.54. The van der Waals surface area contributed by atoms with Gasteiger partial charge in [0.15, 0.2) is 0 Å². The number of aliphatic hydroxyl groups excluding tert-OH is 1. The molecular formula is C17H25NO2S. The summed E-state index contributed by atoms with van der Waals surface area (Å²) in [4.78, 5) is 4.68. The predicted octanol–water partition coefficient (Wildman–Crippen LogP) is 3.07. The summed E-state index contributed by atoms with van der Waals surface area (Å²) >= 11 is 1.74. The van der Waals surface area contributed by atoms with Crippen molar-refractivity contribution in [1.29, 1.82) is 0 Å². The molecule has 2 rings (SSSR count). The van der Waals surface area contributed by atoms with Crippen LogP contribution in [0.4, 0.5) is 0 Å². The zero-order valence-electron chi connectivity index (χ0n) is 12.8. The van der Waals surface area contributed by atoms with Crippen molar-refractivity contribution in [3.05, 3.63) is 41.3 Å². The Morgan fingerprint density at radius 1 is 1.38 bits per heavy atom. The fraction of sp³-hybridized carbons (Fsp3) is 0.529. The average molecular weight is 307 g/mol. The highest BCUT2D eigenvalue weighted by atomic mass is 32.2. The summed E-state index contributed by atoms with van der Waals surface area (Å²) in [6.07, 6.45) is 1.82. The predicted molar refractivity (Wildman–Crippen MR) is 88.7 cm³/mol. The van der Waals surface area contributed by atoms with Gasteiger partial charge >= 0.3 is 0 Å². The van der Waals surface area contributed by atoms with Gasteiger partial charge in [-0.3, -0.25) is 4.90 Å². The topological polar surface area (TPSA) is 32.7 Å². The van der Waals surface area contributed by atoms with Crippen LogP contribution in [-0.4, -0.2) is 49.0 Å². The normalized spacial score (nSPS) is 15.9. The van der Waals surface area contributed by atoms with Crippen molar-refractivity contribution in [3.63, 3.8) is 0 Å². The Hall–Kier alpha value is -0.810. The van der Waals surface area contributed by atoms with Crippen molar-refractivity contribution in [2.24, 2.45) is 0 Å². The lowest BCUT2D eigenvalue weighted by Gasteiger charge is -2.35. The van der Waals surface area contributed by atoms with Crippen LogP contribution < -0.4 is 0 Å². The number of aliphatic hydroxyl groups is 1. The molecule has 1 aromatic carbocycles. The second-order valence-corrected chi connectivity index (χ2v) is 6.76. The third-order valence-electron chi connectivity index (χ3n) is 3.57. The lowest BCUT2D eigenvalue weighted by Crippen LogP contribution is -2.50. The van der Waals surface area contributed by atoms with Crippen molar-refractivity contribution >= 4 is 11.8 Å². The first-order valence-electron chi connectivity index (χ1n) is 7.54. The van der Waals surface area contributed by atoms with E-state index in [1.165, 1.54) is 10.5 Å². The van der Waals surface area contributed by atoms with E-state index in [4.69, 9.17) is 4.74 Å². The molecule has 1 aliphatic rings. The van der Waals surface area contributed by atoms with Gasteiger partial charge in [-0.2, -0.15) is 0 Å². The molecule has 1 fully saturated rings. The van der Waals surface area contributed by atoms with E-state index in [0.717, 1.165) is 50.6 Å². The Bertz CT molecular complexity index is 458. The maximum absolute atomic E-state index is 9.18. The van der Waals surface area contributed by atoms with Crippen molar-refractivity contribution in [1.82, 2.24) is 4.90 Å². The molecule has 3 nitrogen and oxygen atoms in total. The molecule has 1 aromatic rings. The van der Waals surface area contributed by atoms with Crippen LogP contribution >= 0.6 is 11.8 Å². The molecule has 1 N–H and O–H groups in total. The Kier molecular flexibility index (Phi) is 6.77. The number of benzene rings is 1. The molecule has 0 aliphatic carbocycles. The summed E-state index contributed by atoms with van der Waals surface area (Å²) < 4.78 is 5.65. The summed E-state index contributed by atoms with van der Waals surface area (Å²) in [6, 6.07) is 8.38. The van der Waals surface area contributed by atoms with Crippen LogP contribution in [0.5, 0.6) is 0 Å². The second kappa shape index (κ2) is 8.59. The first-order valence-corrected chi connectivity index (χ1v) is 8.36. The number of likely N-dealkylation sites (tertiary alicyclic amines) is 1. The Balaban J connectivity index is 1.50. The van der Waals surface area contributed by atoms with Crippen LogP contribution in [-0.2, 0) is 4.74 Å². The van der Waals surface area contributed by atoms with Gasteiger partial charge in [0.1, 0.15) is 0 Å². The van der Waals surface area contributed by atoms with E-state index in [9.17, 15) is 5.11 Å². The number of hydrogen-bond donors (Lipinski definition) is 1. The molecule has 0 amide bonds. The van der Waals surface area contributed by atoms with Crippen molar-refractivity contribution in [3.8, 4) is 0 Å². The molecule has 0 atom stereocenters. The van der Waals surface area contributed by atoms with Gasteiger partial charge in [-0.15, -0.1) is 0 Å². The van der Waals surface area contributed by atoms with E-state index in [1.54, 1.807) is 11.8 Å². The van der Waals surface area contributed by atoms with E-state index in [0.29, 0.717) is 0 Å². The SMILES string of the molecule is C=C(CCOCCCN1CC(O)C1)Sc1ccccc1C. The molecule has 1 aliphatic heterocycles. The van der Waals surface area contributed by atoms with Crippen LogP contribution in [0.15, 0.2) is 40.6 Å². The molecule has 1 heterocycles. The summed E-state index contributed by atoms with van der Waals surface area (Å²) in [7, 11) is 0. The number of thioether (sulfide) groups is 1. The molecule has 0 unspecified atom stereocenters. The highest BCUT2D eigenvalue weighted by molar-refractivity contribution is 8.03. The molecule has 0 spiro atoms. The molecule has 0 aromatic heterocycles. The molecule has 4 heteroatoms. The first-order chi connectivity index (χ1) is 10.1. The Labute approximate surface area is 132 Å². The number of ether oxygens (including phenoxy) is 1. The monoisotopic (exact) mass is 307 g/mol. The summed E-state index contributed by atoms with van der Waals surface area (Å²) in [5, 5.41) is 9.18. The number of β-amino-alcohol motifs (C(OH)–C–C–N with tert-alkyl or cyclic N) is 1. The maximum atomic E-state index is 9.18. The average Bonchev–Trinajstić information content (AvgIpc) is 2.43. The van der Waals surface area contributed by atoms with Gasteiger partial charge in [0, 0.05) is 37.6 Å². The summed E-state index contributed by atoms with van der Waals surface area (Å²) in [6.45, 7) is 10.4. The van der Waals surface area contributed by atoms with Crippen LogP contribution in [0.2, 0.25) is 0 Å². The quantitative estimate of drug-likeness (QED) is 0.561. The minimum atomic E-state index is -0.104. The fourth-order valence-electron chi connectivity index (χ4n) is 2.28. The number of hydrogen-bond acceptors (Lipinski definition) is 4. The molecule has 0 radical (unpaired) electrons. The minimum Gasteiger partial charge on any atom is -0.390 e. The van der Waals surface area contributed by atoms with E-state index >= 15 is 0 Å². The molecule has 1 saturated heterocycles. The van der Waals surface area contributed by atoms with Gasteiger partial charge in [-0.05, 0) is 29.9 Å². The van der Waals surface area contributed by atoms with E-state index in [2.05, 4.69) is 42.7 Å². The smallest absolute Gasteiger partial charge is 0.0793 e. The lowest BCUT2D eigenvalue weighted by atomic mass is 10.1. The third kappa shape index (κ3) is 5.83. The maximum Gasteiger partial charge on any atom is 0.0793 e. The zero-order valence-corrected chi connectivity index (χ0v) is 13.6. The van der Waals surface area contributed by atoms with Crippen LogP contribution in [0.1, 0.15) is 18.4 Å². The minimum absolute atomic E-state index is 0.104. The van der Waals surface area contributed by atoms with Gasteiger partial charge < -0.3 is 9.84 Å². The standard InChI is InChI=1S/C17H25NO2S/c1-14-6-3-4-7-17(14)21-15(2)8-11-20-10-5-9-18-12-16(19)13-18/h3-4,6-7,16,19H,2,5,8-13H2,1H3. The van der Waals surface area contributed by atoms with Crippen LogP contribution in [0, 0.1) is 6.92 Å². The van der Waals surface area contributed by atoms with Gasteiger partial charge in [-0.25, -0.2) is 0 Å². The summed E-state index contributed by atoms with van der Waals surface area (Å²) in [5.74, 6) is 0. The number of nitrogens with zero attached hydrogens (tertiary/aromatic N) is 1. The highest BCUT2D eigenvalue weighted by Gasteiger charge is 2.22. The van der Waals surface area contributed by atoms with Crippen molar-refractivity contribution < 1.29 is 9.84 Å². The zero-order chi connectivity index (χ0) is 15.1. The van der Waals surface area contributed by atoms with Gasteiger partial charge in [-0.1, -0.05) is 36.5 Å². The van der Waals surface area contributed by atoms with E-state index < -0.39 is 0 Å². The van der Waals surface area contributed by atoms with E-state index in [-0.39, 0.29) is 6.10 Å². The molecular weight excluding hydrogens is 282 g/mol. The Morgan fingerprint density at radius 2 is 2.14 bits per heavy atom. The third-order valence-corrected chi connectivity index (χ3v) is 4.74. The lowest BCUT2D eigenvalue weighted by molar-refractivity contribution is -0.00302. The van der Waals surface area contributed by atoms with Crippen molar-refractivity contribution in [2.45, 2.75) is 30.8 Å². The molecule has 0 bridgehead atoms. The van der Waals surface area contributed by atoms with Gasteiger partial charge in [0.05, 0.1) is 12.7 Å². The van der Waals surface area contributed by atoms with Crippen LogP contribution in [0.25, 0.3) is 0 Å². The Morgan fingerprint density at radius 3 is 2.86 bits per heavy atom. The van der Waals surface area contributed by atoms with Gasteiger partial charge in [0.2, 0.25) is 0 Å². The summed E-state index contributed by atoms with van der Waals surface area (Å²) in [5.41, 5.74) is 1.29.